The van der Waals surface area contributed by atoms with Crippen LogP contribution in [0.4, 0.5) is 23.1 Å². The van der Waals surface area contributed by atoms with E-state index in [0.717, 1.165) is 56.8 Å². The maximum absolute atomic E-state index is 12.9. The molecule has 3 aromatic rings. The fourth-order valence-corrected chi connectivity index (χ4v) is 7.22. The number of halogens is 1. The molecule has 11 nitrogen and oxygen atoms in total. The molecule has 0 radical (unpaired) electrons. The predicted octanol–water partition coefficient (Wildman–Crippen LogP) is 5.95. The van der Waals surface area contributed by atoms with Gasteiger partial charge in [-0.25, -0.2) is 13.4 Å². The van der Waals surface area contributed by atoms with Crippen LogP contribution in [0.5, 0.6) is 5.75 Å². The number of hydrogen-bond donors (Lipinski definition) is 3. The van der Waals surface area contributed by atoms with Crippen molar-refractivity contribution in [2.45, 2.75) is 94.6 Å². The fraction of sp³-hybridized carbons (Fsp3) is 0.594. The van der Waals surface area contributed by atoms with Crippen molar-refractivity contribution in [3.8, 4) is 5.75 Å². The number of sulfone groups is 1. The minimum absolute atomic E-state index is 0.0514. The highest BCUT2D eigenvalue weighted by atomic mass is 35.5. The summed E-state index contributed by atoms with van der Waals surface area (Å²) in [6.07, 6.45) is 10.0. The molecule has 45 heavy (non-hydrogen) atoms. The molecule has 0 bridgehead atoms. The van der Waals surface area contributed by atoms with Crippen molar-refractivity contribution in [3.05, 3.63) is 40.7 Å². The van der Waals surface area contributed by atoms with Crippen LogP contribution in [0.15, 0.2) is 29.6 Å². The summed E-state index contributed by atoms with van der Waals surface area (Å²) < 4.78 is 33.7. The lowest BCUT2D eigenvalue weighted by molar-refractivity contribution is 0.141. The second-order valence-corrected chi connectivity index (χ2v) is 15.4. The zero-order chi connectivity index (χ0) is 32.3. The highest BCUT2D eigenvalue weighted by molar-refractivity contribution is 7.92. The van der Waals surface area contributed by atoms with Crippen LogP contribution in [0.1, 0.15) is 76.3 Å². The van der Waals surface area contributed by atoms with Gasteiger partial charge in [0.05, 0.1) is 28.9 Å². The average Bonchev–Trinajstić information content (AvgIpc) is 3.75. The average molecular weight is 659 g/mol. The monoisotopic (exact) mass is 658 g/mol. The van der Waals surface area contributed by atoms with Crippen molar-refractivity contribution in [2.75, 3.05) is 37.3 Å². The maximum Gasteiger partial charge on any atom is 0.229 e. The number of aromatic nitrogens is 4. The summed E-state index contributed by atoms with van der Waals surface area (Å²) in [6.45, 7) is 11.0. The molecule has 246 valence electrons. The Morgan fingerprint density at radius 1 is 1.11 bits per heavy atom. The molecular weight excluding hydrogens is 612 g/mol. The number of rotatable bonds is 14. The first-order valence-corrected chi connectivity index (χ1v) is 18.0. The summed E-state index contributed by atoms with van der Waals surface area (Å²) >= 11 is 6.47. The third kappa shape index (κ3) is 7.90. The summed E-state index contributed by atoms with van der Waals surface area (Å²) in [4.78, 5) is 11.7. The van der Waals surface area contributed by atoms with Gasteiger partial charge in [-0.05, 0) is 115 Å². The van der Waals surface area contributed by atoms with E-state index in [1.807, 2.05) is 7.05 Å². The molecule has 13 heteroatoms. The Labute approximate surface area is 272 Å². The lowest BCUT2D eigenvalue weighted by Gasteiger charge is -2.38. The fourth-order valence-electron chi connectivity index (χ4n) is 5.99. The number of nitrogens with zero attached hydrogens (tertiary/aromatic N) is 5. The SMILES string of the molecule is CCC(CCNC)N1CCC(c2cc(OC3CC3)c(Nc3ncc(Cl)c(Nc4cn(C)nc4S(=O)(=O)C(C)C)n3)cc2C)CC1. The first kappa shape index (κ1) is 33.4. The molecule has 5 rings (SSSR count). The van der Waals surface area contributed by atoms with Gasteiger partial charge in [0.25, 0.3) is 0 Å². The Morgan fingerprint density at radius 3 is 2.49 bits per heavy atom. The van der Waals surface area contributed by atoms with Crippen molar-refractivity contribution < 1.29 is 13.2 Å². The molecule has 1 saturated carbocycles. The summed E-state index contributed by atoms with van der Waals surface area (Å²) in [5.74, 6) is 1.86. The molecular formula is C32H47ClN8O3S. The zero-order valence-electron chi connectivity index (χ0n) is 27.2. The van der Waals surface area contributed by atoms with E-state index in [-0.39, 0.29) is 22.0 Å². The summed E-state index contributed by atoms with van der Waals surface area (Å²) in [6, 6.07) is 4.96. The third-order valence-electron chi connectivity index (χ3n) is 8.80. The van der Waals surface area contributed by atoms with Gasteiger partial charge in [-0.2, -0.15) is 10.1 Å². The number of ether oxygens (including phenoxy) is 1. The summed E-state index contributed by atoms with van der Waals surface area (Å²) in [5, 5.41) is 13.5. The highest BCUT2D eigenvalue weighted by Gasteiger charge is 2.30. The van der Waals surface area contributed by atoms with Crippen LogP contribution in [0, 0.1) is 6.92 Å². The first-order chi connectivity index (χ1) is 21.5. The number of benzene rings is 1. The molecule has 2 fully saturated rings. The van der Waals surface area contributed by atoms with Crippen molar-refractivity contribution >= 4 is 44.6 Å². The number of anilines is 4. The van der Waals surface area contributed by atoms with Gasteiger partial charge in [-0.15, -0.1) is 0 Å². The van der Waals surface area contributed by atoms with E-state index in [1.54, 1.807) is 27.1 Å². The molecule has 1 unspecified atom stereocenters. The van der Waals surface area contributed by atoms with Crippen LogP contribution in [0.25, 0.3) is 0 Å². The smallest absolute Gasteiger partial charge is 0.229 e. The maximum atomic E-state index is 12.9. The van der Waals surface area contributed by atoms with Crippen molar-refractivity contribution in [1.29, 1.82) is 0 Å². The quantitative estimate of drug-likeness (QED) is 0.191. The summed E-state index contributed by atoms with van der Waals surface area (Å²) in [7, 11) is 0.0552. The molecule has 1 aliphatic carbocycles. The van der Waals surface area contributed by atoms with Gasteiger partial charge < -0.3 is 25.6 Å². The van der Waals surface area contributed by atoms with Gasteiger partial charge >= 0.3 is 0 Å². The Bertz CT molecular complexity index is 1580. The summed E-state index contributed by atoms with van der Waals surface area (Å²) in [5.41, 5.74) is 3.63. The largest absolute Gasteiger partial charge is 0.488 e. The lowest BCUT2D eigenvalue weighted by Crippen LogP contribution is -2.42. The van der Waals surface area contributed by atoms with Gasteiger partial charge in [0.1, 0.15) is 10.8 Å². The van der Waals surface area contributed by atoms with Crippen LogP contribution in [0.3, 0.4) is 0 Å². The molecule has 1 atom stereocenters. The number of hydrogen-bond acceptors (Lipinski definition) is 10. The number of piperidine rings is 1. The molecule has 3 N–H and O–H groups in total. The van der Waals surface area contributed by atoms with Crippen LogP contribution >= 0.6 is 11.6 Å². The molecule has 3 heterocycles. The van der Waals surface area contributed by atoms with Gasteiger partial charge in [-0.3, -0.25) is 4.68 Å². The van der Waals surface area contributed by atoms with E-state index in [9.17, 15) is 8.42 Å². The second kappa shape index (κ2) is 14.2. The van der Waals surface area contributed by atoms with E-state index >= 15 is 0 Å². The van der Waals surface area contributed by atoms with Crippen molar-refractivity contribution in [2.24, 2.45) is 7.05 Å². The van der Waals surface area contributed by atoms with Crippen molar-refractivity contribution in [3.63, 3.8) is 0 Å². The van der Waals surface area contributed by atoms with Crippen molar-refractivity contribution in [1.82, 2.24) is 30.0 Å². The normalized spacial score (nSPS) is 17.1. The van der Waals surface area contributed by atoms with Gasteiger partial charge in [0.15, 0.2) is 5.82 Å². The minimum Gasteiger partial charge on any atom is -0.488 e. The van der Waals surface area contributed by atoms with E-state index < -0.39 is 15.1 Å². The second-order valence-electron chi connectivity index (χ2n) is 12.5. The van der Waals surface area contributed by atoms with E-state index in [2.05, 4.69) is 61.9 Å². The molecule has 2 aromatic heterocycles. The Hall–Kier alpha value is -2.93. The molecule has 1 aromatic carbocycles. The van der Waals surface area contributed by atoms with Crippen LogP contribution in [0.2, 0.25) is 5.02 Å². The Morgan fingerprint density at radius 2 is 1.84 bits per heavy atom. The molecule has 2 aliphatic rings. The number of likely N-dealkylation sites (tertiary alicyclic amines) is 1. The molecule has 1 aliphatic heterocycles. The molecule has 0 spiro atoms. The van der Waals surface area contributed by atoms with Crippen LogP contribution in [-0.4, -0.2) is 77.1 Å². The lowest BCUT2D eigenvalue weighted by atomic mass is 9.85. The third-order valence-corrected chi connectivity index (χ3v) is 11.2. The Kier molecular flexibility index (Phi) is 10.6. The topological polar surface area (TPSA) is 126 Å². The standard InChI is InChI=1S/C32H47ClN8O3S/c1-7-23(10-13-34-5)41-14-11-22(12-15-41)25-17-29(44-24-8-9-24)27(16-21(25)4)37-32-35-18-26(33)30(38-32)36-28-19-40(6)39-31(28)45(42,43)20(2)3/h16-20,22-24,34H,7-15H2,1-6H3,(H2,35,36,37,38). The van der Waals surface area contributed by atoms with Gasteiger partial charge in [0, 0.05) is 19.3 Å². The predicted molar refractivity (Wildman–Crippen MR) is 180 cm³/mol. The van der Waals surface area contributed by atoms with Gasteiger partial charge in [-0.1, -0.05) is 18.5 Å². The zero-order valence-corrected chi connectivity index (χ0v) is 28.8. The highest BCUT2D eigenvalue weighted by Crippen LogP contribution is 2.40. The Balaban J connectivity index is 1.36. The van der Waals surface area contributed by atoms with Gasteiger partial charge in [0.2, 0.25) is 20.8 Å². The first-order valence-electron chi connectivity index (χ1n) is 16.0. The van der Waals surface area contributed by atoms with E-state index in [0.29, 0.717) is 23.6 Å². The van der Waals surface area contributed by atoms with Crippen LogP contribution < -0.4 is 20.7 Å². The molecule has 0 amide bonds. The van der Waals surface area contributed by atoms with E-state index in [1.165, 1.54) is 34.8 Å². The molecule has 1 saturated heterocycles. The minimum atomic E-state index is -3.64. The number of aryl methyl sites for hydroxylation is 2. The number of nitrogens with one attached hydrogen (secondary N) is 3. The van der Waals surface area contributed by atoms with Crippen LogP contribution in [-0.2, 0) is 16.9 Å². The van der Waals surface area contributed by atoms with E-state index in [4.69, 9.17) is 16.3 Å².